The first-order valence-electron chi connectivity index (χ1n) is 5.50. The Labute approximate surface area is 125 Å². The van der Waals surface area contributed by atoms with Crippen LogP contribution in [0.5, 0.6) is 0 Å². The molecule has 2 aromatic carbocycles. The summed E-state index contributed by atoms with van der Waals surface area (Å²) in [6.45, 7) is 0. The standard InChI is InChI=1S/C12H11Cl2N2O3P/c13-9-1-5-11(6-2-9)16(15-20(17,18)19)12-7-3-10(14)4-8-12/h1-8H,(H3,15,17,18,19). The largest absolute Gasteiger partial charge is 0.418 e. The Balaban J connectivity index is 2.41. The molecule has 0 heterocycles. The SMILES string of the molecule is O=P(O)(O)NN(c1ccc(Cl)cc1)c1ccc(Cl)cc1. The highest BCUT2D eigenvalue weighted by atomic mass is 35.5. The van der Waals surface area contributed by atoms with Gasteiger partial charge in [-0.1, -0.05) is 23.2 Å². The number of nitrogens with one attached hydrogen (secondary N) is 1. The molecule has 2 aromatic rings. The van der Waals surface area contributed by atoms with Gasteiger partial charge < -0.3 is 9.79 Å². The molecule has 0 spiro atoms. The van der Waals surface area contributed by atoms with Gasteiger partial charge in [-0.25, -0.2) is 4.57 Å². The first-order chi connectivity index (χ1) is 9.35. The van der Waals surface area contributed by atoms with E-state index in [2.05, 4.69) is 5.20 Å². The highest BCUT2D eigenvalue weighted by molar-refractivity contribution is 7.49. The number of nitrogens with zero attached hydrogens (tertiary/aromatic N) is 1. The molecule has 0 saturated heterocycles. The monoisotopic (exact) mass is 332 g/mol. The summed E-state index contributed by atoms with van der Waals surface area (Å²) < 4.78 is 11.2. The van der Waals surface area contributed by atoms with Gasteiger partial charge in [0.25, 0.3) is 0 Å². The normalized spacial score (nSPS) is 11.4. The van der Waals surface area contributed by atoms with Crippen molar-refractivity contribution >= 4 is 42.3 Å². The summed E-state index contributed by atoms with van der Waals surface area (Å²) in [6.07, 6.45) is 0. The molecular weight excluding hydrogens is 322 g/mol. The van der Waals surface area contributed by atoms with Crippen molar-refractivity contribution in [1.29, 1.82) is 0 Å². The van der Waals surface area contributed by atoms with Crippen LogP contribution in [0.3, 0.4) is 0 Å². The van der Waals surface area contributed by atoms with Crippen LogP contribution in [0, 0.1) is 0 Å². The minimum absolute atomic E-state index is 0.528. The second-order valence-electron chi connectivity index (χ2n) is 3.93. The molecule has 0 atom stereocenters. The van der Waals surface area contributed by atoms with Crippen LogP contribution in [-0.2, 0) is 4.57 Å². The van der Waals surface area contributed by atoms with E-state index in [0.29, 0.717) is 21.4 Å². The molecule has 8 heteroatoms. The maximum atomic E-state index is 11.2. The van der Waals surface area contributed by atoms with Crippen LogP contribution >= 0.6 is 30.9 Å². The van der Waals surface area contributed by atoms with Crippen molar-refractivity contribution in [3.05, 3.63) is 58.6 Å². The van der Waals surface area contributed by atoms with E-state index in [9.17, 15) is 4.57 Å². The summed E-state index contributed by atoms with van der Waals surface area (Å²) in [5, 5.41) is 4.47. The highest BCUT2D eigenvalue weighted by Crippen LogP contribution is 2.35. The van der Waals surface area contributed by atoms with Crippen molar-refractivity contribution in [2.75, 3.05) is 5.01 Å². The molecule has 0 aliphatic rings. The summed E-state index contributed by atoms with van der Waals surface area (Å²) in [5.41, 5.74) is 1.06. The Morgan fingerprint density at radius 2 is 1.20 bits per heavy atom. The Hall–Kier alpha value is -1.07. The number of hydrazine groups is 1. The van der Waals surface area contributed by atoms with Crippen molar-refractivity contribution in [3.63, 3.8) is 0 Å². The molecule has 5 nitrogen and oxygen atoms in total. The van der Waals surface area contributed by atoms with E-state index in [1.807, 2.05) is 0 Å². The third-order valence-electron chi connectivity index (χ3n) is 2.40. The zero-order chi connectivity index (χ0) is 14.8. The van der Waals surface area contributed by atoms with Crippen molar-refractivity contribution in [2.24, 2.45) is 0 Å². The van der Waals surface area contributed by atoms with Crippen LogP contribution < -0.4 is 10.2 Å². The van der Waals surface area contributed by atoms with Gasteiger partial charge in [0.05, 0.1) is 11.4 Å². The first kappa shape index (κ1) is 15.3. The molecule has 0 amide bonds. The van der Waals surface area contributed by atoms with E-state index >= 15 is 0 Å². The number of benzene rings is 2. The van der Waals surface area contributed by atoms with Crippen LogP contribution in [0.2, 0.25) is 10.0 Å². The zero-order valence-electron chi connectivity index (χ0n) is 10.1. The lowest BCUT2D eigenvalue weighted by Crippen LogP contribution is -2.30. The number of anilines is 2. The maximum Gasteiger partial charge on any atom is 0.418 e. The topological polar surface area (TPSA) is 72.8 Å². The van der Waals surface area contributed by atoms with E-state index in [1.165, 1.54) is 5.01 Å². The minimum Gasteiger partial charge on any atom is -0.311 e. The van der Waals surface area contributed by atoms with Crippen LogP contribution in [0.25, 0.3) is 0 Å². The number of hydrogen-bond donors (Lipinski definition) is 3. The van der Waals surface area contributed by atoms with E-state index in [4.69, 9.17) is 33.0 Å². The predicted molar refractivity (Wildman–Crippen MR) is 80.2 cm³/mol. The van der Waals surface area contributed by atoms with Gasteiger partial charge in [-0.2, -0.15) is 0 Å². The Bertz CT molecular complexity index is 583. The molecule has 0 radical (unpaired) electrons. The molecule has 106 valence electrons. The van der Waals surface area contributed by atoms with Crippen molar-refractivity contribution in [2.45, 2.75) is 0 Å². The van der Waals surface area contributed by atoms with Gasteiger partial charge in [-0.15, -0.1) is 5.20 Å². The lowest BCUT2D eigenvalue weighted by Gasteiger charge is -2.25. The molecule has 20 heavy (non-hydrogen) atoms. The van der Waals surface area contributed by atoms with Crippen LogP contribution in [0.4, 0.5) is 11.4 Å². The van der Waals surface area contributed by atoms with Gasteiger partial charge in [0.1, 0.15) is 0 Å². The number of hydrogen-bond acceptors (Lipinski definition) is 2. The van der Waals surface area contributed by atoms with Crippen LogP contribution in [0.1, 0.15) is 0 Å². The second kappa shape index (κ2) is 6.14. The van der Waals surface area contributed by atoms with Gasteiger partial charge >= 0.3 is 7.75 Å². The Morgan fingerprint density at radius 3 is 1.50 bits per heavy atom. The molecule has 0 fully saturated rings. The summed E-state index contributed by atoms with van der Waals surface area (Å²) in [6, 6.07) is 13.1. The fourth-order valence-corrected chi connectivity index (χ4v) is 2.32. The van der Waals surface area contributed by atoms with Gasteiger partial charge in [0.2, 0.25) is 0 Å². The van der Waals surface area contributed by atoms with Crippen molar-refractivity contribution in [3.8, 4) is 0 Å². The minimum atomic E-state index is -4.47. The highest BCUT2D eigenvalue weighted by Gasteiger charge is 2.20. The van der Waals surface area contributed by atoms with Gasteiger partial charge in [0, 0.05) is 10.0 Å². The van der Waals surface area contributed by atoms with E-state index < -0.39 is 7.75 Å². The van der Waals surface area contributed by atoms with E-state index in [1.54, 1.807) is 48.5 Å². The molecule has 0 unspecified atom stereocenters. The zero-order valence-corrected chi connectivity index (χ0v) is 12.5. The third-order valence-corrected chi connectivity index (χ3v) is 3.36. The number of halogens is 2. The fourth-order valence-electron chi connectivity index (χ4n) is 1.58. The summed E-state index contributed by atoms with van der Waals surface area (Å²) in [5.74, 6) is 0. The average molecular weight is 333 g/mol. The molecule has 2 rings (SSSR count). The quantitative estimate of drug-likeness (QED) is 0.587. The summed E-state index contributed by atoms with van der Waals surface area (Å²) in [4.78, 5) is 18.3. The fraction of sp³-hybridized carbons (Fsp3) is 0. The molecule has 0 bridgehead atoms. The lowest BCUT2D eigenvalue weighted by molar-refractivity contribution is 0.358. The Kier molecular flexibility index (Phi) is 4.70. The van der Waals surface area contributed by atoms with E-state index in [-0.39, 0.29) is 0 Å². The predicted octanol–water partition coefficient (Wildman–Crippen LogP) is 3.73. The maximum absolute atomic E-state index is 11.2. The molecule has 0 aliphatic carbocycles. The molecule has 0 saturated carbocycles. The number of rotatable bonds is 4. The van der Waals surface area contributed by atoms with Crippen molar-refractivity contribution in [1.82, 2.24) is 5.20 Å². The summed E-state index contributed by atoms with van der Waals surface area (Å²) >= 11 is 11.6. The van der Waals surface area contributed by atoms with Crippen LogP contribution in [0.15, 0.2) is 48.5 Å². The average Bonchev–Trinajstić information content (AvgIpc) is 2.37. The second-order valence-corrected chi connectivity index (χ2v) is 6.09. The Morgan fingerprint density at radius 1 is 0.850 bits per heavy atom. The van der Waals surface area contributed by atoms with Crippen molar-refractivity contribution < 1.29 is 14.4 Å². The van der Waals surface area contributed by atoms with Gasteiger partial charge in [0.15, 0.2) is 0 Å². The summed E-state index contributed by atoms with van der Waals surface area (Å²) in [7, 11) is -4.47. The van der Waals surface area contributed by atoms with Gasteiger partial charge in [-0.05, 0) is 48.5 Å². The third kappa shape index (κ3) is 4.21. The molecule has 3 N–H and O–H groups in total. The first-order valence-corrected chi connectivity index (χ1v) is 7.87. The van der Waals surface area contributed by atoms with E-state index in [0.717, 1.165) is 0 Å². The molecule has 0 aliphatic heterocycles. The van der Waals surface area contributed by atoms with Crippen LogP contribution in [-0.4, -0.2) is 9.79 Å². The van der Waals surface area contributed by atoms with Gasteiger partial charge in [-0.3, -0.25) is 5.01 Å². The molecule has 0 aromatic heterocycles. The lowest BCUT2D eigenvalue weighted by atomic mass is 10.2. The smallest absolute Gasteiger partial charge is 0.311 e. The molecular formula is C12H11Cl2N2O3P.